The van der Waals surface area contributed by atoms with Crippen molar-refractivity contribution in [1.82, 2.24) is 5.01 Å². The number of carbonyl (C=O) groups is 2. The van der Waals surface area contributed by atoms with Gasteiger partial charge in [-0.15, -0.1) is 0 Å². The molecule has 6 nitrogen and oxygen atoms in total. The molecule has 130 valence electrons. The van der Waals surface area contributed by atoms with Gasteiger partial charge in [-0.25, -0.2) is 5.01 Å². The van der Waals surface area contributed by atoms with Crippen LogP contribution in [0.5, 0.6) is 0 Å². The Kier molecular flexibility index (Phi) is 4.70. The third-order valence-electron chi connectivity index (χ3n) is 4.29. The van der Waals surface area contributed by atoms with Crippen LogP contribution in [0.4, 0.5) is 0 Å². The first-order chi connectivity index (χ1) is 12.0. The Hall–Kier alpha value is -2.89. The van der Waals surface area contributed by atoms with Crippen LogP contribution < -0.4 is 5.11 Å². The van der Waals surface area contributed by atoms with Crippen molar-refractivity contribution in [2.45, 2.75) is 32.7 Å². The summed E-state index contributed by atoms with van der Waals surface area (Å²) < 4.78 is 5.47. The van der Waals surface area contributed by atoms with Gasteiger partial charge in [-0.1, -0.05) is 36.8 Å². The Morgan fingerprint density at radius 3 is 2.64 bits per heavy atom. The minimum atomic E-state index is -1.25. The minimum Gasteiger partial charge on any atom is -0.550 e. The van der Waals surface area contributed by atoms with Crippen LogP contribution in [0.1, 0.15) is 42.7 Å². The SMILES string of the molecule is Cc1ccc(C2=NN(C(=O)[C@H](C)CC(=O)[O-])[C@@H](c3ccco3)C2)cc1. The van der Waals surface area contributed by atoms with Crippen LogP contribution in [0, 0.1) is 12.8 Å². The molecule has 0 fully saturated rings. The van der Waals surface area contributed by atoms with Crippen LogP contribution >= 0.6 is 0 Å². The molecule has 0 aliphatic carbocycles. The highest BCUT2D eigenvalue weighted by Gasteiger charge is 2.36. The fraction of sp³-hybridized carbons (Fsp3) is 0.316. The number of rotatable bonds is 5. The molecule has 0 radical (unpaired) electrons. The Balaban J connectivity index is 1.91. The molecule has 0 saturated carbocycles. The number of amides is 1. The van der Waals surface area contributed by atoms with E-state index in [9.17, 15) is 14.7 Å². The molecular formula is C19H19N2O4-. The maximum atomic E-state index is 12.7. The zero-order chi connectivity index (χ0) is 18.0. The second-order valence-electron chi connectivity index (χ2n) is 6.31. The number of aryl methyl sites for hydroxylation is 1. The Morgan fingerprint density at radius 1 is 1.32 bits per heavy atom. The van der Waals surface area contributed by atoms with Crippen molar-refractivity contribution in [3.63, 3.8) is 0 Å². The van der Waals surface area contributed by atoms with Gasteiger partial charge in [0.15, 0.2) is 0 Å². The Labute approximate surface area is 145 Å². The van der Waals surface area contributed by atoms with Crippen molar-refractivity contribution in [2.75, 3.05) is 0 Å². The van der Waals surface area contributed by atoms with E-state index in [0.29, 0.717) is 12.2 Å². The van der Waals surface area contributed by atoms with Crippen LogP contribution in [0.25, 0.3) is 0 Å². The van der Waals surface area contributed by atoms with Gasteiger partial charge in [0, 0.05) is 18.3 Å². The number of nitrogens with zero attached hydrogens (tertiary/aromatic N) is 2. The van der Waals surface area contributed by atoms with E-state index >= 15 is 0 Å². The number of hydrogen-bond acceptors (Lipinski definition) is 5. The molecule has 25 heavy (non-hydrogen) atoms. The second kappa shape index (κ2) is 6.93. The zero-order valence-corrected chi connectivity index (χ0v) is 14.1. The fourth-order valence-electron chi connectivity index (χ4n) is 2.90. The number of carbonyl (C=O) groups excluding carboxylic acids is 2. The summed E-state index contributed by atoms with van der Waals surface area (Å²) in [5.41, 5.74) is 2.85. The fourth-order valence-corrected chi connectivity index (χ4v) is 2.90. The van der Waals surface area contributed by atoms with Gasteiger partial charge in [-0.2, -0.15) is 5.10 Å². The van der Waals surface area contributed by atoms with E-state index < -0.39 is 11.9 Å². The lowest BCUT2D eigenvalue weighted by molar-refractivity contribution is -0.306. The summed E-state index contributed by atoms with van der Waals surface area (Å²) in [6.07, 6.45) is 1.72. The van der Waals surface area contributed by atoms with Gasteiger partial charge in [-0.05, 0) is 31.0 Å². The molecule has 2 atom stereocenters. The number of hydrogen-bond donors (Lipinski definition) is 0. The van der Waals surface area contributed by atoms with Gasteiger partial charge in [0.25, 0.3) is 0 Å². The molecule has 2 aromatic rings. The molecule has 0 bridgehead atoms. The van der Waals surface area contributed by atoms with E-state index in [-0.39, 0.29) is 18.4 Å². The molecule has 1 amide bonds. The standard InChI is InChI=1S/C19H20N2O4/c1-12-5-7-14(8-6-12)15-11-16(17-4-3-9-25-17)21(20-15)19(24)13(2)10-18(22)23/h3-9,13,16H,10-11H2,1-2H3,(H,22,23)/p-1/t13-,16-/m1/s1. The molecule has 6 heteroatoms. The molecule has 0 unspecified atom stereocenters. The lowest BCUT2D eigenvalue weighted by atomic mass is 10.0. The number of carboxylic acid groups (broad SMARTS) is 1. The Bertz CT molecular complexity index is 793. The highest BCUT2D eigenvalue weighted by atomic mass is 16.4. The van der Waals surface area contributed by atoms with E-state index in [0.717, 1.165) is 16.8 Å². The van der Waals surface area contributed by atoms with Crippen molar-refractivity contribution in [3.05, 3.63) is 59.5 Å². The van der Waals surface area contributed by atoms with E-state index in [2.05, 4.69) is 5.10 Å². The molecule has 1 aliphatic rings. The van der Waals surface area contributed by atoms with Crippen molar-refractivity contribution < 1.29 is 19.1 Å². The maximum Gasteiger partial charge on any atom is 0.246 e. The van der Waals surface area contributed by atoms with Gasteiger partial charge in [0.2, 0.25) is 5.91 Å². The van der Waals surface area contributed by atoms with Crippen molar-refractivity contribution in [3.8, 4) is 0 Å². The molecular weight excluding hydrogens is 320 g/mol. The highest BCUT2D eigenvalue weighted by Crippen LogP contribution is 2.34. The van der Waals surface area contributed by atoms with Crippen LogP contribution in [0.3, 0.4) is 0 Å². The quantitative estimate of drug-likeness (QED) is 0.834. The Morgan fingerprint density at radius 2 is 2.04 bits per heavy atom. The predicted molar refractivity (Wildman–Crippen MR) is 89.4 cm³/mol. The first kappa shape index (κ1) is 17.0. The normalized spacial score (nSPS) is 18.1. The third kappa shape index (κ3) is 3.63. The molecule has 0 spiro atoms. The number of furan rings is 1. The van der Waals surface area contributed by atoms with Gasteiger partial charge in [0.05, 0.1) is 12.0 Å². The topological polar surface area (TPSA) is 85.9 Å². The smallest absolute Gasteiger partial charge is 0.246 e. The lowest BCUT2D eigenvalue weighted by Crippen LogP contribution is -2.35. The summed E-state index contributed by atoms with van der Waals surface area (Å²) in [7, 11) is 0. The van der Waals surface area contributed by atoms with Crippen LogP contribution in [0.2, 0.25) is 0 Å². The van der Waals surface area contributed by atoms with Gasteiger partial charge in [0.1, 0.15) is 11.8 Å². The first-order valence-corrected chi connectivity index (χ1v) is 8.16. The molecule has 1 aliphatic heterocycles. The van der Waals surface area contributed by atoms with Crippen LogP contribution in [0.15, 0.2) is 52.2 Å². The summed E-state index contributed by atoms with van der Waals surface area (Å²) >= 11 is 0. The van der Waals surface area contributed by atoms with Crippen molar-refractivity contribution in [1.29, 1.82) is 0 Å². The molecule has 0 N–H and O–H groups in total. The molecule has 1 aromatic carbocycles. The van der Waals surface area contributed by atoms with E-state index in [4.69, 9.17) is 4.42 Å². The molecule has 1 aromatic heterocycles. The summed E-state index contributed by atoms with van der Waals surface area (Å²) in [5, 5.41) is 16.7. The summed E-state index contributed by atoms with van der Waals surface area (Å²) in [6.45, 7) is 3.57. The number of hydrazone groups is 1. The van der Waals surface area contributed by atoms with E-state index in [1.54, 1.807) is 25.3 Å². The maximum absolute atomic E-state index is 12.7. The van der Waals surface area contributed by atoms with Gasteiger partial charge < -0.3 is 14.3 Å². The van der Waals surface area contributed by atoms with Crippen LogP contribution in [-0.2, 0) is 9.59 Å². The second-order valence-corrected chi connectivity index (χ2v) is 6.31. The van der Waals surface area contributed by atoms with Crippen LogP contribution in [-0.4, -0.2) is 22.6 Å². The third-order valence-corrected chi connectivity index (χ3v) is 4.29. The first-order valence-electron chi connectivity index (χ1n) is 8.16. The summed E-state index contributed by atoms with van der Waals surface area (Å²) in [6, 6.07) is 11.1. The zero-order valence-electron chi connectivity index (χ0n) is 14.1. The average molecular weight is 339 g/mol. The average Bonchev–Trinajstić information content (AvgIpc) is 3.23. The van der Waals surface area contributed by atoms with E-state index in [1.807, 2.05) is 31.2 Å². The number of aliphatic carboxylic acids is 1. The monoisotopic (exact) mass is 339 g/mol. The predicted octanol–water partition coefficient (Wildman–Crippen LogP) is 2.04. The minimum absolute atomic E-state index is 0.338. The number of carboxylic acids is 1. The molecule has 3 rings (SSSR count). The summed E-state index contributed by atoms with van der Waals surface area (Å²) in [5.74, 6) is -1.70. The molecule has 0 saturated heterocycles. The summed E-state index contributed by atoms with van der Waals surface area (Å²) in [4.78, 5) is 23.5. The van der Waals surface area contributed by atoms with Crippen molar-refractivity contribution >= 4 is 17.6 Å². The highest BCUT2D eigenvalue weighted by molar-refractivity contribution is 6.03. The van der Waals surface area contributed by atoms with Crippen molar-refractivity contribution in [2.24, 2.45) is 11.0 Å². The lowest BCUT2D eigenvalue weighted by Gasteiger charge is -2.23. The van der Waals surface area contributed by atoms with Gasteiger partial charge in [-0.3, -0.25) is 4.79 Å². The van der Waals surface area contributed by atoms with E-state index in [1.165, 1.54) is 5.01 Å². The largest absolute Gasteiger partial charge is 0.550 e. The number of benzene rings is 1. The van der Waals surface area contributed by atoms with Gasteiger partial charge >= 0.3 is 0 Å². The molecule has 2 heterocycles.